The van der Waals surface area contributed by atoms with Crippen LogP contribution in [0.2, 0.25) is 0 Å². The molecule has 0 unspecified atom stereocenters. The number of rotatable bonds is 4. The molecule has 0 aliphatic carbocycles. The second-order valence-corrected chi connectivity index (χ2v) is 4.34. The summed E-state index contributed by atoms with van der Waals surface area (Å²) in [7, 11) is 0. The molecule has 2 aliphatic heterocycles. The molecule has 80 valence electrons. The number of nitrogens with zero attached hydrogens (tertiary/aromatic N) is 2. The van der Waals surface area contributed by atoms with Crippen LogP contribution in [-0.4, -0.2) is 60.1 Å². The molecule has 0 aromatic rings. The molecule has 2 rings (SSSR count). The largest absolute Gasteiger partial charge is 0.481 e. The Morgan fingerprint density at radius 2 is 1.71 bits per heavy atom. The summed E-state index contributed by atoms with van der Waals surface area (Å²) in [6.45, 7) is 6.13. The van der Waals surface area contributed by atoms with Crippen LogP contribution in [0.4, 0.5) is 0 Å². The van der Waals surface area contributed by atoms with Gasteiger partial charge in [0.1, 0.15) is 0 Å². The lowest BCUT2D eigenvalue weighted by Gasteiger charge is -2.37. The summed E-state index contributed by atoms with van der Waals surface area (Å²) >= 11 is 0. The van der Waals surface area contributed by atoms with Crippen LogP contribution >= 0.6 is 0 Å². The van der Waals surface area contributed by atoms with Gasteiger partial charge in [0.2, 0.25) is 0 Å². The molecule has 0 amide bonds. The molecule has 4 heteroatoms. The lowest BCUT2D eigenvalue weighted by atomic mass is 10.0. The fourth-order valence-corrected chi connectivity index (χ4v) is 2.20. The number of carbonyl (C=O) groups is 1. The molecule has 0 aromatic heterocycles. The van der Waals surface area contributed by atoms with E-state index >= 15 is 0 Å². The summed E-state index contributed by atoms with van der Waals surface area (Å²) in [5.74, 6) is -0.740. The van der Waals surface area contributed by atoms with E-state index in [2.05, 4.69) is 9.80 Å². The number of hydrogen-bond acceptors (Lipinski definition) is 3. The van der Waals surface area contributed by atoms with Gasteiger partial charge in [-0.15, -0.1) is 0 Å². The number of hydrogen-bond donors (Lipinski definition) is 1. The third-order valence-electron chi connectivity index (χ3n) is 3.24. The molecule has 1 N–H and O–H groups in total. The van der Waals surface area contributed by atoms with Crippen molar-refractivity contribution in [1.29, 1.82) is 0 Å². The van der Waals surface area contributed by atoms with Crippen LogP contribution in [0, 0.1) is 5.92 Å². The number of aliphatic carboxylic acids is 1. The second kappa shape index (κ2) is 4.28. The second-order valence-electron chi connectivity index (χ2n) is 4.34. The lowest BCUT2D eigenvalue weighted by Crippen LogP contribution is -2.52. The summed E-state index contributed by atoms with van der Waals surface area (Å²) in [6.07, 6.45) is 2.66. The molecule has 4 nitrogen and oxygen atoms in total. The van der Waals surface area contributed by atoms with Gasteiger partial charge < -0.3 is 14.9 Å². The quantitative estimate of drug-likeness (QED) is 0.695. The third kappa shape index (κ3) is 2.25. The van der Waals surface area contributed by atoms with E-state index in [4.69, 9.17) is 5.11 Å². The minimum atomic E-state index is -0.637. The molecule has 0 saturated carbocycles. The molecule has 0 bridgehead atoms. The van der Waals surface area contributed by atoms with Gasteiger partial charge in [-0.2, -0.15) is 0 Å². The Morgan fingerprint density at radius 3 is 2.29 bits per heavy atom. The zero-order valence-electron chi connectivity index (χ0n) is 8.48. The first-order chi connectivity index (χ1) is 6.75. The number of carboxylic acid groups (broad SMARTS) is 1. The van der Waals surface area contributed by atoms with Crippen molar-refractivity contribution < 1.29 is 9.90 Å². The van der Waals surface area contributed by atoms with Gasteiger partial charge in [0.25, 0.3) is 0 Å². The minimum absolute atomic E-state index is 0.103. The van der Waals surface area contributed by atoms with Crippen LogP contribution in [0.3, 0.4) is 0 Å². The fraction of sp³-hybridized carbons (Fsp3) is 0.900. The van der Waals surface area contributed by atoms with Crippen LogP contribution in [0.1, 0.15) is 12.8 Å². The van der Waals surface area contributed by atoms with Gasteiger partial charge in [0.15, 0.2) is 0 Å². The first-order valence-electron chi connectivity index (χ1n) is 5.43. The topological polar surface area (TPSA) is 43.8 Å². The average molecular weight is 198 g/mol. The van der Waals surface area contributed by atoms with Crippen molar-refractivity contribution in [2.75, 3.05) is 39.3 Å². The van der Waals surface area contributed by atoms with Crippen molar-refractivity contribution in [3.05, 3.63) is 0 Å². The van der Waals surface area contributed by atoms with Gasteiger partial charge in [0, 0.05) is 26.2 Å². The normalized spacial score (nSPS) is 25.1. The van der Waals surface area contributed by atoms with Crippen molar-refractivity contribution in [2.24, 2.45) is 5.92 Å². The molecule has 0 spiro atoms. The highest BCUT2D eigenvalue weighted by Crippen LogP contribution is 2.15. The lowest BCUT2D eigenvalue weighted by molar-refractivity contribution is -0.147. The van der Waals surface area contributed by atoms with Crippen molar-refractivity contribution >= 4 is 5.97 Å². The Bertz CT molecular complexity index is 208. The Morgan fingerprint density at radius 1 is 1.14 bits per heavy atom. The standard InChI is InChI=1S/C10H18N2O2/c13-10(14)9-7-12(8-9)6-5-11-3-1-2-4-11/h9H,1-8H2,(H,13,14). The maximum absolute atomic E-state index is 10.6. The first-order valence-corrected chi connectivity index (χ1v) is 5.43. The van der Waals surface area contributed by atoms with Gasteiger partial charge in [-0.25, -0.2) is 0 Å². The summed E-state index contributed by atoms with van der Waals surface area (Å²) in [5, 5.41) is 8.69. The summed E-state index contributed by atoms with van der Waals surface area (Å²) in [6, 6.07) is 0. The van der Waals surface area contributed by atoms with Crippen molar-refractivity contribution in [2.45, 2.75) is 12.8 Å². The van der Waals surface area contributed by atoms with E-state index in [1.807, 2.05) is 0 Å². The zero-order chi connectivity index (χ0) is 9.97. The monoisotopic (exact) mass is 198 g/mol. The number of likely N-dealkylation sites (tertiary alicyclic amines) is 2. The van der Waals surface area contributed by atoms with Crippen molar-refractivity contribution in [1.82, 2.24) is 9.80 Å². The van der Waals surface area contributed by atoms with E-state index < -0.39 is 5.97 Å². The SMILES string of the molecule is O=C(O)C1CN(CCN2CCCC2)C1. The molecule has 0 radical (unpaired) electrons. The minimum Gasteiger partial charge on any atom is -0.481 e. The first kappa shape index (κ1) is 9.93. The van der Waals surface area contributed by atoms with Crippen molar-refractivity contribution in [3.8, 4) is 0 Å². The summed E-state index contributed by atoms with van der Waals surface area (Å²) < 4.78 is 0. The highest BCUT2D eigenvalue weighted by atomic mass is 16.4. The molecular formula is C10H18N2O2. The van der Waals surface area contributed by atoms with Crippen LogP contribution in [0.15, 0.2) is 0 Å². The van der Waals surface area contributed by atoms with E-state index in [1.165, 1.54) is 25.9 Å². The molecule has 2 saturated heterocycles. The van der Waals surface area contributed by atoms with E-state index in [9.17, 15) is 4.79 Å². The summed E-state index contributed by atoms with van der Waals surface area (Å²) in [5.41, 5.74) is 0. The van der Waals surface area contributed by atoms with Crippen LogP contribution in [0.5, 0.6) is 0 Å². The van der Waals surface area contributed by atoms with E-state index in [0.717, 1.165) is 26.2 Å². The predicted octanol–water partition coefficient (Wildman–Crippen LogP) is 0.0986. The van der Waals surface area contributed by atoms with Gasteiger partial charge >= 0.3 is 5.97 Å². The van der Waals surface area contributed by atoms with E-state index in [1.54, 1.807) is 0 Å². The van der Waals surface area contributed by atoms with Gasteiger partial charge in [-0.1, -0.05) is 0 Å². The van der Waals surface area contributed by atoms with Crippen LogP contribution in [0.25, 0.3) is 0 Å². The third-order valence-corrected chi connectivity index (χ3v) is 3.24. The molecular weight excluding hydrogens is 180 g/mol. The molecule has 0 aromatic carbocycles. The van der Waals surface area contributed by atoms with Gasteiger partial charge in [-0.05, 0) is 25.9 Å². The highest BCUT2D eigenvalue weighted by molar-refractivity contribution is 5.71. The molecule has 14 heavy (non-hydrogen) atoms. The Kier molecular flexibility index (Phi) is 3.03. The van der Waals surface area contributed by atoms with Crippen molar-refractivity contribution in [3.63, 3.8) is 0 Å². The highest BCUT2D eigenvalue weighted by Gasteiger charge is 2.32. The van der Waals surface area contributed by atoms with Crippen LogP contribution in [-0.2, 0) is 4.79 Å². The van der Waals surface area contributed by atoms with Crippen LogP contribution < -0.4 is 0 Å². The van der Waals surface area contributed by atoms with E-state index in [-0.39, 0.29) is 5.92 Å². The van der Waals surface area contributed by atoms with Gasteiger partial charge in [0.05, 0.1) is 5.92 Å². The smallest absolute Gasteiger partial charge is 0.309 e. The Balaban J connectivity index is 1.57. The molecule has 0 atom stereocenters. The molecule has 2 aliphatic rings. The molecule has 2 heterocycles. The fourth-order valence-electron chi connectivity index (χ4n) is 2.20. The zero-order valence-corrected chi connectivity index (χ0v) is 8.48. The van der Waals surface area contributed by atoms with Gasteiger partial charge in [-0.3, -0.25) is 4.79 Å². The number of carboxylic acids is 1. The Hall–Kier alpha value is -0.610. The maximum Gasteiger partial charge on any atom is 0.309 e. The summed E-state index contributed by atoms with van der Waals surface area (Å²) in [4.78, 5) is 15.3. The van der Waals surface area contributed by atoms with E-state index in [0.29, 0.717) is 0 Å². The maximum atomic E-state index is 10.6. The Labute approximate surface area is 84.5 Å². The molecule has 2 fully saturated rings. The predicted molar refractivity (Wildman–Crippen MR) is 53.2 cm³/mol. The average Bonchev–Trinajstić information content (AvgIpc) is 2.52.